The average Bonchev–Trinajstić information content (AvgIpc) is 2.31. The van der Waals surface area contributed by atoms with Gasteiger partial charge in [-0.25, -0.2) is 0 Å². The molecule has 1 N–H and O–H groups in total. The van der Waals surface area contributed by atoms with Crippen LogP contribution >= 0.6 is 11.6 Å². The Morgan fingerprint density at radius 1 is 1.44 bits per heavy atom. The Balaban J connectivity index is 2.04. The maximum Gasteiger partial charge on any atom is 0.0455 e. The van der Waals surface area contributed by atoms with E-state index < -0.39 is 0 Å². The van der Waals surface area contributed by atoms with Crippen LogP contribution in [0.2, 0.25) is 5.02 Å². The number of nitrogens with zero attached hydrogens (tertiary/aromatic N) is 1. The Kier molecular flexibility index (Phi) is 2.56. The highest BCUT2D eigenvalue weighted by Crippen LogP contribution is 2.35. The zero-order valence-corrected chi connectivity index (χ0v) is 10.3. The van der Waals surface area contributed by atoms with Gasteiger partial charge in [-0.3, -0.25) is 0 Å². The summed E-state index contributed by atoms with van der Waals surface area (Å²) in [7, 11) is 0. The second kappa shape index (κ2) is 3.94. The highest BCUT2D eigenvalue weighted by atomic mass is 35.5. The van der Waals surface area contributed by atoms with Crippen LogP contribution < -0.4 is 10.2 Å². The number of piperazine rings is 1. The Labute approximate surface area is 102 Å². The lowest BCUT2D eigenvalue weighted by Crippen LogP contribution is -2.53. The number of halogens is 1. The first-order chi connectivity index (χ1) is 7.75. The van der Waals surface area contributed by atoms with Gasteiger partial charge < -0.3 is 10.2 Å². The largest absolute Gasteiger partial charge is 0.366 e. The van der Waals surface area contributed by atoms with Crippen LogP contribution in [0, 0.1) is 6.92 Å². The number of benzene rings is 1. The van der Waals surface area contributed by atoms with Crippen molar-refractivity contribution in [3.8, 4) is 0 Å². The van der Waals surface area contributed by atoms with E-state index in [9.17, 15) is 0 Å². The maximum absolute atomic E-state index is 6.23. The molecular formula is C13H17ClN2. The van der Waals surface area contributed by atoms with E-state index in [0.29, 0.717) is 6.04 Å². The summed E-state index contributed by atoms with van der Waals surface area (Å²) in [4.78, 5) is 2.53. The second-order valence-electron chi connectivity index (χ2n) is 4.82. The first kappa shape index (κ1) is 10.4. The topological polar surface area (TPSA) is 15.3 Å². The maximum atomic E-state index is 6.23. The standard InChI is InChI=1S/C13H17ClN2/c1-9-6-10-2-3-11-8-15-4-5-16(11)13(10)7-12(9)14/h6-7,11,15H,2-5,8H2,1H3. The molecule has 1 fully saturated rings. The predicted octanol–water partition coefficient (Wildman–Crippen LogP) is 2.37. The fourth-order valence-electron chi connectivity index (χ4n) is 2.86. The normalized spacial score (nSPS) is 23.9. The quantitative estimate of drug-likeness (QED) is 0.744. The van der Waals surface area contributed by atoms with Crippen LogP contribution in [0.3, 0.4) is 0 Å². The van der Waals surface area contributed by atoms with Gasteiger partial charge in [-0.2, -0.15) is 0 Å². The molecule has 0 saturated carbocycles. The van der Waals surface area contributed by atoms with Crippen LogP contribution in [-0.4, -0.2) is 25.7 Å². The SMILES string of the molecule is Cc1cc2c(cc1Cl)N1CCNCC1CC2. The third-order valence-electron chi connectivity index (χ3n) is 3.77. The minimum absolute atomic E-state index is 0.667. The molecule has 1 atom stereocenters. The van der Waals surface area contributed by atoms with Crippen molar-refractivity contribution in [2.75, 3.05) is 24.5 Å². The van der Waals surface area contributed by atoms with Gasteiger partial charge in [0, 0.05) is 36.4 Å². The summed E-state index contributed by atoms with van der Waals surface area (Å²) in [6.07, 6.45) is 2.46. The third-order valence-corrected chi connectivity index (χ3v) is 4.17. The molecule has 0 aliphatic carbocycles. The molecule has 3 rings (SSSR count). The number of anilines is 1. The van der Waals surface area contributed by atoms with Crippen LogP contribution in [0.15, 0.2) is 12.1 Å². The van der Waals surface area contributed by atoms with E-state index in [1.807, 2.05) is 0 Å². The van der Waals surface area contributed by atoms with E-state index >= 15 is 0 Å². The third kappa shape index (κ3) is 1.61. The predicted molar refractivity (Wildman–Crippen MR) is 68.5 cm³/mol. The fourth-order valence-corrected chi connectivity index (χ4v) is 3.01. The number of aryl methyl sites for hydroxylation is 2. The fraction of sp³-hybridized carbons (Fsp3) is 0.538. The van der Waals surface area contributed by atoms with E-state index in [0.717, 1.165) is 24.7 Å². The summed E-state index contributed by atoms with van der Waals surface area (Å²) in [5, 5.41) is 4.37. The van der Waals surface area contributed by atoms with Crippen LogP contribution in [0.5, 0.6) is 0 Å². The summed E-state index contributed by atoms with van der Waals surface area (Å²) < 4.78 is 0. The first-order valence-corrected chi connectivity index (χ1v) is 6.40. The van der Waals surface area contributed by atoms with Crippen molar-refractivity contribution >= 4 is 17.3 Å². The summed E-state index contributed by atoms with van der Waals surface area (Å²) >= 11 is 6.23. The van der Waals surface area contributed by atoms with E-state index in [-0.39, 0.29) is 0 Å². The van der Waals surface area contributed by atoms with Crippen molar-refractivity contribution in [3.63, 3.8) is 0 Å². The summed E-state index contributed by atoms with van der Waals surface area (Å²) in [5.74, 6) is 0. The van der Waals surface area contributed by atoms with Gasteiger partial charge in [0.2, 0.25) is 0 Å². The average molecular weight is 237 g/mol. The van der Waals surface area contributed by atoms with Crippen molar-refractivity contribution < 1.29 is 0 Å². The molecule has 2 aliphatic heterocycles. The Hall–Kier alpha value is -0.730. The van der Waals surface area contributed by atoms with Gasteiger partial charge in [-0.05, 0) is 37.0 Å². The van der Waals surface area contributed by atoms with Gasteiger partial charge in [-0.15, -0.1) is 0 Å². The molecule has 0 spiro atoms. The second-order valence-corrected chi connectivity index (χ2v) is 5.23. The molecule has 1 aromatic carbocycles. The van der Waals surface area contributed by atoms with Gasteiger partial charge in [0.05, 0.1) is 0 Å². The minimum Gasteiger partial charge on any atom is -0.366 e. The molecule has 1 saturated heterocycles. The number of nitrogens with one attached hydrogen (secondary N) is 1. The molecule has 2 aliphatic rings. The van der Waals surface area contributed by atoms with Crippen LogP contribution in [0.1, 0.15) is 17.5 Å². The number of rotatable bonds is 0. The molecule has 2 heterocycles. The zero-order chi connectivity index (χ0) is 11.1. The number of fused-ring (bicyclic) bond motifs is 3. The van der Waals surface area contributed by atoms with Gasteiger partial charge in [0.1, 0.15) is 0 Å². The molecule has 0 radical (unpaired) electrons. The molecule has 0 amide bonds. The van der Waals surface area contributed by atoms with Crippen LogP contribution in [0.25, 0.3) is 0 Å². The minimum atomic E-state index is 0.667. The van der Waals surface area contributed by atoms with Gasteiger partial charge in [0.15, 0.2) is 0 Å². The molecule has 16 heavy (non-hydrogen) atoms. The van der Waals surface area contributed by atoms with Gasteiger partial charge in [0.25, 0.3) is 0 Å². The van der Waals surface area contributed by atoms with E-state index in [1.54, 1.807) is 0 Å². The Bertz CT molecular complexity index is 417. The molecule has 3 heteroatoms. The highest BCUT2D eigenvalue weighted by molar-refractivity contribution is 6.31. The molecule has 0 bridgehead atoms. The molecule has 1 unspecified atom stereocenters. The first-order valence-electron chi connectivity index (χ1n) is 6.02. The van der Waals surface area contributed by atoms with Crippen molar-refractivity contribution in [3.05, 3.63) is 28.3 Å². The van der Waals surface area contributed by atoms with Crippen LogP contribution in [-0.2, 0) is 6.42 Å². The van der Waals surface area contributed by atoms with Crippen molar-refractivity contribution in [2.45, 2.75) is 25.8 Å². The lowest BCUT2D eigenvalue weighted by molar-refractivity contribution is 0.440. The zero-order valence-electron chi connectivity index (χ0n) is 9.59. The van der Waals surface area contributed by atoms with Gasteiger partial charge >= 0.3 is 0 Å². The lowest BCUT2D eigenvalue weighted by atomic mass is 9.93. The Morgan fingerprint density at radius 2 is 2.31 bits per heavy atom. The monoisotopic (exact) mass is 236 g/mol. The summed E-state index contributed by atoms with van der Waals surface area (Å²) in [6, 6.07) is 5.08. The summed E-state index contributed by atoms with van der Waals surface area (Å²) in [6.45, 7) is 5.40. The highest BCUT2D eigenvalue weighted by Gasteiger charge is 2.28. The number of hydrogen-bond acceptors (Lipinski definition) is 2. The van der Waals surface area contributed by atoms with Gasteiger partial charge in [-0.1, -0.05) is 17.7 Å². The van der Waals surface area contributed by atoms with E-state index in [4.69, 9.17) is 11.6 Å². The van der Waals surface area contributed by atoms with Crippen molar-refractivity contribution in [1.82, 2.24) is 5.32 Å². The molecule has 0 aromatic heterocycles. The summed E-state index contributed by atoms with van der Waals surface area (Å²) in [5.41, 5.74) is 4.04. The number of hydrogen-bond donors (Lipinski definition) is 1. The smallest absolute Gasteiger partial charge is 0.0455 e. The Morgan fingerprint density at radius 3 is 3.19 bits per heavy atom. The van der Waals surface area contributed by atoms with Crippen molar-refractivity contribution in [1.29, 1.82) is 0 Å². The van der Waals surface area contributed by atoms with E-state index in [2.05, 4.69) is 29.3 Å². The van der Waals surface area contributed by atoms with Crippen LogP contribution in [0.4, 0.5) is 5.69 Å². The molecule has 2 nitrogen and oxygen atoms in total. The molecular weight excluding hydrogens is 220 g/mol. The molecule has 86 valence electrons. The van der Waals surface area contributed by atoms with E-state index in [1.165, 1.54) is 29.7 Å². The van der Waals surface area contributed by atoms with Crippen molar-refractivity contribution in [2.24, 2.45) is 0 Å². The molecule has 1 aromatic rings. The lowest BCUT2D eigenvalue weighted by Gasteiger charge is -2.42.